The second kappa shape index (κ2) is 6.52. The van der Waals surface area contributed by atoms with Crippen molar-refractivity contribution >= 4 is 5.78 Å². The van der Waals surface area contributed by atoms with Crippen molar-refractivity contribution in [2.45, 2.75) is 31.8 Å². The molecule has 2 heterocycles. The number of carbonyl (C=O) groups is 1. The molecule has 4 nitrogen and oxygen atoms in total. The van der Waals surface area contributed by atoms with Crippen LogP contribution in [0, 0.1) is 17.8 Å². The van der Waals surface area contributed by atoms with Crippen LogP contribution in [0.25, 0.3) is 0 Å². The van der Waals surface area contributed by atoms with Gasteiger partial charge in [-0.15, -0.1) is 0 Å². The Morgan fingerprint density at radius 3 is 2.78 bits per heavy atom. The van der Waals surface area contributed by atoms with Crippen LogP contribution in [0.15, 0.2) is 36.3 Å². The standard InChI is InChI=1S/C19H25NO3/c21-17-13-18(20-9-11-22-12-10-20)23-19-15(7-4-8-16(17)19)14-5-2-1-3-6-14/h2,4-5,7,13-16,19H,1,3,6,8-12H2/t14-,15+,16-,19?/m0/s1. The van der Waals surface area contributed by atoms with Crippen LogP contribution in [0.5, 0.6) is 0 Å². The first-order valence-electron chi connectivity index (χ1n) is 8.91. The highest BCUT2D eigenvalue weighted by Gasteiger charge is 2.43. The maximum Gasteiger partial charge on any atom is 0.193 e. The van der Waals surface area contributed by atoms with Crippen LogP contribution in [0.3, 0.4) is 0 Å². The Hall–Kier alpha value is -1.55. The van der Waals surface area contributed by atoms with Crippen molar-refractivity contribution in [2.24, 2.45) is 17.8 Å². The summed E-state index contributed by atoms with van der Waals surface area (Å²) < 4.78 is 11.8. The van der Waals surface area contributed by atoms with Crippen LogP contribution in [0.2, 0.25) is 0 Å². The van der Waals surface area contributed by atoms with Gasteiger partial charge >= 0.3 is 0 Å². The van der Waals surface area contributed by atoms with Gasteiger partial charge in [0, 0.05) is 25.1 Å². The monoisotopic (exact) mass is 315 g/mol. The van der Waals surface area contributed by atoms with Gasteiger partial charge in [0.15, 0.2) is 11.7 Å². The summed E-state index contributed by atoms with van der Waals surface area (Å²) in [6, 6.07) is 0. The molecule has 0 radical (unpaired) electrons. The van der Waals surface area contributed by atoms with Gasteiger partial charge in [0.1, 0.15) is 6.10 Å². The maximum absolute atomic E-state index is 12.6. The number of ketones is 1. The largest absolute Gasteiger partial charge is 0.474 e. The molecule has 4 heteroatoms. The summed E-state index contributed by atoms with van der Waals surface area (Å²) in [6.07, 6.45) is 15.2. The molecule has 0 amide bonds. The van der Waals surface area contributed by atoms with Gasteiger partial charge in [0.2, 0.25) is 0 Å². The Morgan fingerprint density at radius 1 is 1.13 bits per heavy atom. The molecule has 0 N–H and O–H groups in total. The molecule has 23 heavy (non-hydrogen) atoms. The average Bonchev–Trinajstić information content (AvgIpc) is 2.63. The molecule has 0 spiro atoms. The summed E-state index contributed by atoms with van der Waals surface area (Å²) >= 11 is 0. The molecule has 1 unspecified atom stereocenters. The Labute approximate surface area is 137 Å². The Bertz CT molecular complexity index is 545. The van der Waals surface area contributed by atoms with Gasteiger partial charge in [-0.2, -0.15) is 0 Å². The summed E-state index contributed by atoms with van der Waals surface area (Å²) in [4.78, 5) is 14.8. The first-order chi connectivity index (χ1) is 11.3. The highest BCUT2D eigenvalue weighted by atomic mass is 16.5. The van der Waals surface area contributed by atoms with Crippen LogP contribution < -0.4 is 0 Å². The average molecular weight is 315 g/mol. The minimum absolute atomic E-state index is 0.00915. The van der Waals surface area contributed by atoms with E-state index in [2.05, 4.69) is 29.2 Å². The summed E-state index contributed by atoms with van der Waals surface area (Å²) in [7, 11) is 0. The highest BCUT2D eigenvalue weighted by Crippen LogP contribution is 2.40. The molecule has 0 bridgehead atoms. The van der Waals surface area contributed by atoms with Crippen molar-refractivity contribution in [3.8, 4) is 0 Å². The van der Waals surface area contributed by atoms with E-state index in [-0.39, 0.29) is 17.8 Å². The molecular weight excluding hydrogens is 290 g/mol. The second-order valence-electron chi connectivity index (χ2n) is 6.94. The molecule has 2 aliphatic carbocycles. The molecule has 4 aliphatic rings. The third kappa shape index (κ3) is 2.97. The molecule has 1 fully saturated rings. The topological polar surface area (TPSA) is 38.8 Å². The quantitative estimate of drug-likeness (QED) is 0.735. The van der Waals surface area contributed by atoms with E-state index in [1.807, 2.05) is 0 Å². The Kier molecular flexibility index (Phi) is 4.25. The molecule has 4 atom stereocenters. The summed E-state index contributed by atoms with van der Waals surface area (Å²) in [6.45, 7) is 3.02. The van der Waals surface area contributed by atoms with Gasteiger partial charge in [-0.3, -0.25) is 4.79 Å². The summed E-state index contributed by atoms with van der Waals surface area (Å²) in [5.41, 5.74) is 0. The van der Waals surface area contributed by atoms with Crippen LogP contribution in [-0.2, 0) is 14.3 Å². The molecule has 0 aromatic rings. The normalized spacial score (nSPS) is 37.1. The van der Waals surface area contributed by atoms with Crippen LogP contribution >= 0.6 is 0 Å². The Balaban J connectivity index is 1.56. The zero-order valence-electron chi connectivity index (χ0n) is 13.5. The van der Waals surface area contributed by atoms with Crippen molar-refractivity contribution in [2.75, 3.05) is 26.3 Å². The molecule has 0 aromatic heterocycles. The van der Waals surface area contributed by atoms with Gasteiger partial charge in [0.25, 0.3) is 0 Å². The van der Waals surface area contributed by atoms with Gasteiger partial charge in [0.05, 0.1) is 19.1 Å². The second-order valence-corrected chi connectivity index (χ2v) is 6.94. The number of hydrogen-bond acceptors (Lipinski definition) is 4. The highest BCUT2D eigenvalue weighted by molar-refractivity contribution is 5.93. The number of nitrogens with zero attached hydrogens (tertiary/aromatic N) is 1. The van der Waals surface area contributed by atoms with Gasteiger partial charge in [-0.05, 0) is 31.6 Å². The molecule has 124 valence electrons. The fraction of sp³-hybridized carbons (Fsp3) is 0.632. The number of hydrogen-bond donors (Lipinski definition) is 0. The lowest BCUT2D eigenvalue weighted by Crippen LogP contribution is -2.47. The van der Waals surface area contributed by atoms with E-state index in [1.54, 1.807) is 6.08 Å². The number of carbonyl (C=O) groups excluding carboxylic acids is 1. The maximum atomic E-state index is 12.6. The molecular formula is C19H25NO3. The lowest BCUT2D eigenvalue weighted by molar-refractivity contribution is -0.130. The number of morpholine rings is 1. The fourth-order valence-electron chi connectivity index (χ4n) is 4.23. The number of fused-ring (bicyclic) bond motifs is 1. The van der Waals surface area contributed by atoms with E-state index < -0.39 is 0 Å². The molecule has 0 saturated carbocycles. The number of ether oxygens (including phenoxy) is 2. The first kappa shape index (κ1) is 15.0. The lowest BCUT2D eigenvalue weighted by Gasteiger charge is -2.43. The van der Waals surface area contributed by atoms with Crippen LogP contribution in [-0.4, -0.2) is 43.1 Å². The van der Waals surface area contributed by atoms with Crippen molar-refractivity contribution in [1.82, 2.24) is 4.90 Å². The smallest absolute Gasteiger partial charge is 0.193 e. The first-order valence-corrected chi connectivity index (χ1v) is 8.91. The van der Waals surface area contributed by atoms with E-state index in [0.29, 0.717) is 25.0 Å². The van der Waals surface area contributed by atoms with E-state index in [4.69, 9.17) is 9.47 Å². The molecule has 0 aromatic carbocycles. The van der Waals surface area contributed by atoms with Crippen molar-refractivity contribution < 1.29 is 14.3 Å². The van der Waals surface area contributed by atoms with Crippen LogP contribution in [0.1, 0.15) is 25.7 Å². The zero-order chi connectivity index (χ0) is 15.6. The van der Waals surface area contributed by atoms with Crippen molar-refractivity contribution in [1.29, 1.82) is 0 Å². The third-order valence-electron chi connectivity index (χ3n) is 5.52. The number of allylic oxidation sites excluding steroid dienone is 4. The van der Waals surface area contributed by atoms with Crippen molar-refractivity contribution in [3.05, 3.63) is 36.3 Å². The minimum atomic E-state index is -0.0110. The predicted octanol–water partition coefficient (Wildman–Crippen LogP) is 2.68. The summed E-state index contributed by atoms with van der Waals surface area (Å²) in [5.74, 6) is 1.81. The SMILES string of the molecule is O=C1C=C(N2CCOCC2)OC2[C@H]1CC=C[C@@H]2[C@H]1C=CCCC1. The van der Waals surface area contributed by atoms with Gasteiger partial charge in [-0.1, -0.05) is 24.3 Å². The zero-order valence-corrected chi connectivity index (χ0v) is 13.5. The van der Waals surface area contributed by atoms with E-state index in [9.17, 15) is 4.79 Å². The van der Waals surface area contributed by atoms with E-state index in [1.165, 1.54) is 19.3 Å². The molecule has 2 aliphatic heterocycles. The summed E-state index contributed by atoms with van der Waals surface area (Å²) in [5, 5.41) is 0. The minimum Gasteiger partial charge on any atom is -0.474 e. The molecule has 4 rings (SSSR count). The van der Waals surface area contributed by atoms with Gasteiger partial charge < -0.3 is 14.4 Å². The van der Waals surface area contributed by atoms with E-state index >= 15 is 0 Å². The lowest BCUT2D eigenvalue weighted by atomic mass is 9.72. The van der Waals surface area contributed by atoms with E-state index in [0.717, 1.165) is 25.4 Å². The fourth-order valence-corrected chi connectivity index (χ4v) is 4.23. The van der Waals surface area contributed by atoms with Crippen molar-refractivity contribution in [3.63, 3.8) is 0 Å². The van der Waals surface area contributed by atoms with Gasteiger partial charge in [-0.25, -0.2) is 0 Å². The number of rotatable bonds is 2. The van der Waals surface area contributed by atoms with Crippen LogP contribution in [0.4, 0.5) is 0 Å². The Morgan fingerprint density at radius 2 is 2.00 bits per heavy atom. The third-order valence-corrected chi connectivity index (χ3v) is 5.52. The molecule has 1 saturated heterocycles. The predicted molar refractivity (Wildman–Crippen MR) is 87.6 cm³/mol.